The monoisotopic (exact) mass is 454 g/mol. The first-order chi connectivity index (χ1) is 16.7. The molecule has 1 saturated heterocycles. The van der Waals surface area contributed by atoms with Crippen LogP contribution in [0.25, 0.3) is 33.6 Å². The van der Waals surface area contributed by atoms with Crippen LogP contribution in [0.1, 0.15) is 12.8 Å². The molecule has 2 aliphatic rings. The maximum absolute atomic E-state index is 4.97. The van der Waals surface area contributed by atoms with Crippen molar-refractivity contribution in [2.24, 2.45) is 31.8 Å². The summed E-state index contributed by atoms with van der Waals surface area (Å²) in [6.07, 6.45) is 12.1. The summed E-state index contributed by atoms with van der Waals surface area (Å²) in [4.78, 5) is 9.69. The molecule has 2 N–H and O–H groups in total. The van der Waals surface area contributed by atoms with Crippen LogP contribution in [0.3, 0.4) is 0 Å². The Bertz CT molecular complexity index is 1300. The Labute approximate surface area is 199 Å². The number of rotatable bonds is 8. The third kappa shape index (κ3) is 4.09. The van der Waals surface area contributed by atoms with E-state index in [2.05, 4.69) is 39.0 Å². The van der Waals surface area contributed by atoms with Crippen molar-refractivity contribution in [2.45, 2.75) is 12.8 Å². The van der Waals surface area contributed by atoms with Crippen LogP contribution in [0.4, 0.5) is 5.82 Å². The highest BCUT2D eigenvalue weighted by molar-refractivity contribution is 5.76. The molecule has 1 saturated carbocycles. The van der Waals surface area contributed by atoms with Gasteiger partial charge in [0.15, 0.2) is 5.82 Å². The van der Waals surface area contributed by atoms with Crippen LogP contribution in [0.2, 0.25) is 0 Å². The minimum absolute atomic E-state index is 0.712. The van der Waals surface area contributed by atoms with Crippen molar-refractivity contribution in [3.63, 3.8) is 0 Å². The van der Waals surface area contributed by atoms with Gasteiger partial charge in [-0.1, -0.05) is 18.2 Å². The zero-order valence-electron chi connectivity index (χ0n) is 19.6. The third-order valence-electron chi connectivity index (χ3n) is 7.24. The molecule has 0 amide bonds. The van der Waals surface area contributed by atoms with Gasteiger partial charge >= 0.3 is 0 Å². The number of piperidine rings is 1. The lowest BCUT2D eigenvalue weighted by Gasteiger charge is -2.12. The van der Waals surface area contributed by atoms with Crippen LogP contribution in [0.5, 0.6) is 0 Å². The van der Waals surface area contributed by atoms with Gasteiger partial charge in [0.25, 0.3) is 0 Å². The van der Waals surface area contributed by atoms with Crippen LogP contribution in [0, 0.1) is 17.8 Å². The van der Waals surface area contributed by atoms with Gasteiger partial charge < -0.3 is 10.6 Å². The van der Waals surface area contributed by atoms with Gasteiger partial charge in [-0.15, -0.1) is 0 Å². The average molecular weight is 455 g/mol. The van der Waals surface area contributed by atoms with Gasteiger partial charge in [-0.25, -0.2) is 9.97 Å². The van der Waals surface area contributed by atoms with E-state index in [0.29, 0.717) is 5.82 Å². The van der Waals surface area contributed by atoms with E-state index in [0.717, 1.165) is 64.4 Å². The lowest BCUT2D eigenvalue weighted by molar-refractivity contribution is 0.548. The van der Waals surface area contributed by atoms with Gasteiger partial charge in [-0.3, -0.25) is 9.36 Å². The number of nitrogens with one attached hydrogen (secondary N) is 2. The first kappa shape index (κ1) is 21.0. The van der Waals surface area contributed by atoms with Crippen LogP contribution < -0.4 is 10.6 Å². The minimum Gasteiger partial charge on any atom is -0.369 e. The van der Waals surface area contributed by atoms with Crippen LogP contribution in [-0.2, 0) is 14.1 Å². The smallest absolute Gasteiger partial charge is 0.161 e. The number of nitrogens with zero attached hydrogens (tertiary/aromatic N) is 6. The molecular weight excluding hydrogens is 424 g/mol. The minimum atomic E-state index is 0.712. The molecule has 0 spiro atoms. The first-order valence-corrected chi connectivity index (χ1v) is 12.1. The molecular formula is C26H30N8. The molecule has 1 aliphatic carbocycles. The van der Waals surface area contributed by atoms with Crippen molar-refractivity contribution < 1.29 is 0 Å². The number of hydrogen-bond donors (Lipinski definition) is 2. The molecule has 8 heteroatoms. The molecule has 4 heterocycles. The van der Waals surface area contributed by atoms with Gasteiger partial charge in [0, 0.05) is 61.5 Å². The standard InChI is InChI=1S/C26H30N8/c1-33-15-19(10-30-33)17-5-3-6-18(9-17)25-29-14-22(20-11-31-34(2)16-20)26(32-25)28-8-4-7-21-23-12-27-13-24(21)23/h3,5-6,9-11,14-16,21,23-24,27H,4,7-8,12-13H2,1-2H3,(H,28,29,32)/t21?,23-,24+. The van der Waals surface area contributed by atoms with Crippen molar-refractivity contribution in [3.8, 4) is 33.6 Å². The molecule has 1 aliphatic heterocycles. The molecule has 0 bridgehead atoms. The van der Waals surface area contributed by atoms with Crippen LogP contribution in [0.15, 0.2) is 55.2 Å². The Kier molecular flexibility index (Phi) is 5.37. The number of hydrogen-bond acceptors (Lipinski definition) is 6. The van der Waals surface area contributed by atoms with Gasteiger partial charge in [0.1, 0.15) is 5.82 Å². The normalized spacial score (nSPS) is 20.9. The molecule has 3 atom stereocenters. The molecule has 174 valence electrons. The number of benzene rings is 1. The fourth-order valence-electron chi connectivity index (χ4n) is 5.35. The maximum Gasteiger partial charge on any atom is 0.161 e. The Hall–Kier alpha value is -3.52. The molecule has 1 aromatic carbocycles. The van der Waals surface area contributed by atoms with Crippen molar-refractivity contribution >= 4 is 5.82 Å². The summed E-state index contributed by atoms with van der Waals surface area (Å²) in [7, 11) is 3.86. The summed E-state index contributed by atoms with van der Waals surface area (Å²) in [5, 5.41) is 15.7. The first-order valence-electron chi connectivity index (χ1n) is 12.1. The third-order valence-corrected chi connectivity index (χ3v) is 7.24. The largest absolute Gasteiger partial charge is 0.369 e. The zero-order chi connectivity index (χ0) is 23.1. The predicted molar refractivity (Wildman–Crippen MR) is 133 cm³/mol. The van der Waals surface area contributed by atoms with Crippen molar-refractivity contribution in [3.05, 3.63) is 55.2 Å². The SMILES string of the molecule is Cn1cc(-c2cccc(-c3ncc(-c4cnn(C)c4)c(NCCCC4[C@H]5CNC[C@@H]45)n3)c2)cn1. The summed E-state index contributed by atoms with van der Waals surface area (Å²) in [6.45, 7) is 3.32. The van der Waals surface area contributed by atoms with Crippen molar-refractivity contribution in [1.82, 2.24) is 34.8 Å². The number of fused-ring (bicyclic) bond motifs is 1. The van der Waals surface area contributed by atoms with E-state index in [-0.39, 0.29) is 0 Å². The van der Waals surface area contributed by atoms with Gasteiger partial charge in [-0.05, 0) is 55.3 Å². The highest BCUT2D eigenvalue weighted by Gasteiger charge is 2.51. The fraction of sp³-hybridized carbons (Fsp3) is 0.385. The number of aryl methyl sites for hydroxylation is 2. The molecule has 0 radical (unpaired) electrons. The molecule has 2 fully saturated rings. The van der Waals surface area contributed by atoms with Crippen molar-refractivity contribution in [1.29, 1.82) is 0 Å². The Morgan fingerprint density at radius 1 is 0.941 bits per heavy atom. The summed E-state index contributed by atoms with van der Waals surface area (Å²) >= 11 is 0. The molecule has 6 rings (SSSR count). The van der Waals surface area contributed by atoms with Crippen molar-refractivity contribution in [2.75, 3.05) is 25.0 Å². The van der Waals surface area contributed by atoms with E-state index in [4.69, 9.17) is 9.97 Å². The van der Waals surface area contributed by atoms with E-state index in [1.54, 1.807) is 0 Å². The highest BCUT2D eigenvalue weighted by Crippen LogP contribution is 2.51. The Morgan fingerprint density at radius 3 is 2.41 bits per heavy atom. The molecule has 34 heavy (non-hydrogen) atoms. The summed E-state index contributed by atoms with van der Waals surface area (Å²) in [5.74, 6) is 4.33. The quantitative estimate of drug-likeness (QED) is 0.396. The van der Waals surface area contributed by atoms with E-state index in [1.165, 1.54) is 19.5 Å². The second-order valence-corrected chi connectivity index (χ2v) is 9.56. The highest BCUT2D eigenvalue weighted by atomic mass is 15.2. The topological polar surface area (TPSA) is 85.5 Å². The molecule has 4 aromatic rings. The van der Waals surface area contributed by atoms with Gasteiger partial charge in [0.2, 0.25) is 0 Å². The summed E-state index contributed by atoms with van der Waals surface area (Å²) < 4.78 is 3.62. The fourth-order valence-corrected chi connectivity index (χ4v) is 5.35. The molecule has 3 aromatic heterocycles. The summed E-state index contributed by atoms with van der Waals surface area (Å²) in [6, 6.07) is 8.32. The zero-order valence-corrected chi connectivity index (χ0v) is 19.6. The second-order valence-electron chi connectivity index (χ2n) is 9.56. The second kappa shape index (κ2) is 8.68. The lowest BCUT2D eigenvalue weighted by Crippen LogP contribution is -2.15. The van der Waals surface area contributed by atoms with E-state index in [9.17, 15) is 0 Å². The van der Waals surface area contributed by atoms with E-state index < -0.39 is 0 Å². The van der Waals surface area contributed by atoms with Gasteiger partial charge in [-0.2, -0.15) is 10.2 Å². The maximum atomic E-state index is 4.97. The Morgan fingerprint density at radius 2 is 1.68 bits per heavy atom. The molecule has 1 unspecified atom stereocenters. The predicted octanol–water partition coefficient (Wildman–Crippen LogP) is 3.60. The summed E-state index contributed by atoms with van der Waals surface area (Å²) in [5.41, 5.74) is 5.16. The average Bonchev–Trinajstić information content (AvgIpc) is 3.33. The lowest BCUT2D eigenvalue weighted by atomic mass is 10.1. The molecule has 8 nitrogen and oxygen atoms in total. The number of anilines is 1. The Balaban J connectivity index is 1.24. The van der Waals surface area contributed by atoms with E-state index in [1.807, 2.05) is 60.5 Å². The van der Waals surface area contributed by atoms with Crippen LogP contribution in [-0.4, -0.2) is 49.2 Å². The van der Waals surface area contributed by atoms with E-state index >= 15 is 0 Å². The van der Waals surface area contributed by atoms with Crippen LogP contribution >= 0.6 is 0 Å². The van der Waals surface area contributed by atoms with Gasteiger partial charge in [0.05, 0.1) is 12.4 Å². The number of aromatic nitrogens is 6.